The second kappa shape index (κ2) is 6.87. The van der Waals surface area contributed by atoms with Gasteiger partial charge in [-0.1, -0.05) is 4.57 Å². The van der Waals surface area contributed by atoms with Gasteiger partial charge in [-0.2, -0.15) is 0 Å². The van der Waals surface area contributed by atoms with Crippen molar-refractivity contribution in [2.75, 3.05) is 6.16 Å². The van der Waals surface area contributed by atoms with Crippen LogP contribution in [-0.2, 0) is 9.36 Å². The van der Waals surface area contributed by atoms with E-state index < -0.39 is 19.5 Å². The van der Waals surface area contributed by atoms with Gasteiger partial charge in [-0.25, -0.2) is 0 Å². The quantitative estimate of drug-likeness (QED) is 0.369. The Kier molecular flexibility index (Phi) is 8.43. The molecule has 5 nitrogen and oxygen atoms in total. The van der Waals surface area contributed by atoms with Gasteiger partial charge in [0.1, 0.15) is 11.7 Å². The Morgan fingerprint density at radius 1 is 1.69 bits per heavy atom. The Bertz CT molecular complexity index is 197. The molecule has 0 aromatic heterocycles. The van der Waals surface area contributed by atoms with Crippen molar-refractivity contribution in [3.63, 3.8) is 0 Å². The first-order valence-corrected chi connectivity index (χ1v) is 4.86. The molecule has 0 rings (SSSR count). The fraction of sp³-hybridized carbons (Fsp3) is 0.833. The molecule has 0 aliphatic heterocycles. The van der Waals surface area contributed by atoms with Crippen molar-refractivity contribution in [2.24, 2.45) is 5.73 Å². The topological polar surface area (TPSA) is 103 Å². The average molecular weight is 216 g/mol. The zero-order valence-corrected chi connectivity index (χ0v) is 10.7. The third-order valence-electron chi connectivity index (χ3n) is 1.53. The zero-order valence-electron chi connectivity index (χ0n) is 7.82. The molecule has 0 bridgehead atoms. The Labute approximate surface area is 99.9 Å². The van der Waals surface area contributed by atoms with Crippen molar-refractivity contribution in [3.05, 3.63) is 0 Å². The van der Waals surface area contributed by atoms with Gasteiger partial charge < -0.3 is 15.7 Å². The maximum absolute atomic E-state index is 10.4. The van der Waals surface area contributed by atoms with Crippen LogP contribution >= 0.6 is 8.03 Å². The predicted molar refractivity (Wildman–Crippen MR) is 41.9 cm³/mol. The molecule has 0 aromatic carbocycles. The smallest absolute Gasteiger partial charge is 0.596 e. The van der Waals surface area contributed by atoms with Gasteiger partial charge >= 0.3 is 43.6 Å². The van der Waals surface area contributed by atoms with Crippen molar-refractivity contribution in [2.45, 2.75) is 25.3 Å². The summed E-state index contributed by atoms with van der Waals surface area (Å²) in [6.07, 6.45) is 0.457. The molecule has 0 aliphatic rings. The summed E-state index contributed by atoms with van der Waals surface area (Å²) in [5.41, 5.74) is 4.04. The van der Waals surface area contributed by atoms with Crippen molar-refractivity contribution >= 4 is 14.0 Å². The Balaban J connectivity index is 0. The van der Waals surface area contributed by atoms with Crippen LogP contribution < -0.4 is 40.2 Å². The van der Waals surface area contributed by atoms with E-state index >= 15 is 0 Å². The Hall–Kier alpha value is 0.490. The van der Waals surface area contributed by atoms with Crippen molar-refractivity contribution < 1.29 is 48.9 Å². The van der Waals surface area contributed by atoms with E-state index in [0.717, 1.165) is 0 Å². The summed E-state index contributed by atoms with van der Waals surface area (Å²) in [6, 6.07) is 0. The van der Waals surface area contributed by atoms with E-state index in [9.17, 15) is 14.3 Å². The zero-order chi connectivity index (χ0) is 9.78. The van der Waals surface area contributed by atoms with Crippen molar-refractivity contribution in [1.29, 1.82) is 0 Å². The molecule has 2 atom stereocenters. The number of aliphatic carboxylic acids is 1. The van der Waals surface area contributed by atoms with Crippen LogP contribution in [0.1, 0.15) is 19.8 Å². The van der Waals surface area contributed by atoms with Crippen LogP contribution in [0.2, 0.25) is 0 Å². The minimum atomic E-state index is -2.42. The number of carboxylic acids is 1. The fourth-order valence-corrected chi connectivity index (χ4v) is 1.10. The van der Waals surface area contributed by atoms with E-state index in [4.69, 9.17) is 10.8 Å². The monoisotopic (exact) mass is 216 g/mol. The van der Waals surface area contributed by atoms with Gasteiger partial charge in [0.2, 0.25) is 0 Å². The van der Waals surface area contributed by atoms with Gasteiger partial charge in [0, 0.05) is 0 Å². The molecule has 0 saturated carbocycles. The third-order valence-corrected chi connectivity index (χ3v) is 2.21. The molecule has 7 heteroatoms. The third kappa shape index (κ3) is 7.55. The van der Waals surface area contributed by atoms with Crippen LogP contribution in [0.5, 0.6) is 0 Å². The van der Waals surface area contributed by atoms with E-state index in [-0.39, 0.29) is 48.6 Å². The molecule has 70 valence electrons. The van der Waals surface area contributed by atoms with Gasteiger partial charge in [-0.15, -0.1) is 0 Å². The first-order valence-electron chi connectivity index (χ1n) is 3.50. The summed E-state index contributed by atoms with van der Waals surface area (Å²) >= 11 is 0. The molecule has 13 heavy (non-hydrogen) atoms. The first-order chi connectivity index (χ1) is 5.36. The maximum atomic E-state index is 10.4. The number of nitrogens with two attached hydrogens (primary N) is 1. The molecular weight excluding hydrogens is 204 g/mol. The molecule has 0 amide bonds. The second-order valence-electron chi connectivity index (χ2n) is 2.88. The Morgan fingerprint density at radius 3 is 2.46 bits per heavy atom. The summed E-state index contributed by atoms with van der Waals surface area (Å²) in [4.78, 5) is 20.5. The average Bonchev–Trinajstić information content (AvgIpc) is 1.85. The van der Waals surface area contributed by atoms with E-state index in [0.29, 0.717) is 0 Å². The molecule has 0 saturated heterocycles. The van der Waals surface area contributed by atoms with E-state index in [1.165, 1.54) is 6.92 Å². The SMILES string of the molecule is CC(N)(CCC[P+](=O)[O-])C(=O)O.[Na+]. The molecule has 0 heterocycles. The van der Waals surface area contributed by atoms with Crippen LogP contribution in [-0.4, -0.2) is 22.8 Å². The molecule has 0 aliphatic carbocycles. The summed E-state index contributed by atoms with van der Waals surface area (Å²) in [5.74, 6) is -1.11. The number of carbonyl (C=O) groups is 1. The molecule has 2 unspecified atom stereocenters. The maximum Gasteiger partial charge on any atom is 1.00 e. The van der Waals surface area contributed by atoms with E-state index in [2.05, 4.69) is 0 Å². The largest absolute Gasteiger partial charge is 1.00 e. The summed E-state index contributed by atoms with van der Waals surface area (Å²) in [5, 5.41) is 8.53. The fourth-order valence-electron chi connectivity index (χ4n) is 0.682. The molecular formula is C6H12NNaO4P+. The number of rotatable bonds is 5. The second-order valence-corrected chi connectivity index (χ2v) is 4.00. The van der Waals surface area contributed by atoms with E-state index in [1.807, 2.05) is 0 Å². The number of carboxylic acid groups (broad SMARTS) is 1. The van der Waals surface area contributed by atoms with Gasteiger partial charge in [-0.3, -0.25) is 4.79 Å². The summed E-state index contributed by atoms with van der Waals surface area (Å²) in [7, 11) is -2.42. The van der Waals surface area contributed by atoms with Gasteiger partial charge in [-0.05, 0) is 19.8 Å². The predicted octanol–water partition coefficient (Wildman–Crippen LogP) is -3.32. The van der Waals surface area contributed by atoms with Gasteiger partial charge in [0.25, 0.3) is 0 Å². The minimum Gasteiger partial charge on any atom is -0.596 e. The first kappa shape index (κ1) is 15.9. The summed E-state index contributed by atoms with van der Waals surface area (Å²) in [6.45, 7) is 1.37. The Morgan fingerprint density at radius 2 is 2.15 bits per heavy atom. The molecule has 0 spiro atoms. The van der Waals surface area contributed by atoms with Crippen LogP contribution in [0, 0.1) is 0 Å². The van der Waals surface area contributed by atoms with Crippen molar-refractivity contribution in [3.8, 4) is 0 Å². The van der Waals surface area contributed by atoms with Crippen LogP contribution in [0.25, 0.3) is 0 Å². The van der Waals surface area contributed by atoms with Gasteiger partial charge in [0.15, 0.2) is 0 Å². The molecule has 0 aromatic rings. The molecule has 3 N–H and O–H groups in total. The van der Waals surface area contributed by atoms with E-state index in [1.54, 1.807) is 0 Å². The normalized spacial score (nSPS) is 15.5. The standard InChI is InChI=1S/C6H12NO4P.Na/c1-6(7,5(8)9)3-2-4-12(10)11;/h2-4,7H2,1H3,(H,8,9);/q;+1. The van der Waals surface area contributed by atoms with Crippen LogP contribution in [0.15, 0.2) is 0 Å². The number of hydrogen-bond acceptors (Lipinski definition) is 4. The van der Waals surface area contributed by atoms with Gasteiger partial charge in [0.05, 0.1) is 0 Å². The minimum absolute atomic E-state index is 0. The summed E-state index contributed by atoms with van der Waals surface area (Å²) < 4.78 is 10.1. The molecule has 0 fully saturated rings. The molecule has 0 radical (unpaired) electrons. The van der Waals surface area contributed by atoms with Crippen LogP contribution in [0.4, 0.5) is 0 Å². The number of hydrogen-bond donors (Lipinski definition) is 2. The van der Waals surface area contributed by atoms with Crippen LogP contribution in [0.3, 0.4) is 0 Å². The van der Waals surface area contributed by atoms with Crippen molar-refractivity contribution in [1.82, 2.24) is 0 Å².